The van der Waals surface area contributed by atoms with E-state index in [-0.39, 0.29) is 18.2 Å². The Morgan fingerprint density at radius 3 is 2.64 bits per heavy atom. The van der Waals surface area contributed by atoms with Gasteiger partial charge in [0, 0.05) is 37.2 Å². The van der Waals surface area contributed by atoms with Crippen molar-refractivity contribution < 1.29 is 19.1 Å². The normalized spacial score (nSPS) is 15.7. The first-order valence-electron chi connectivity index (χ1n) is 13.4. The Hall–Kier alpha value is -2.03. The van der Waals surface area contributed by atoms with Gasteiger partial charge < -0.3 is 30.3 Å². The fourth-order valence-corrected chi connectivity index (χ4v) is 5.07. The summed E-state index contributed by atoms with van der Waals surface area (Å²) in [6.07, 6.45) is 8.21. The lowest BCUT2D eigenvalue weighted by atomic mass is 9.85. The molecule has 0 heterocycles. The Bertz CT molecular complexity index is 776. The highest BCUT2D eigenvalue weighted by atomic mass is 35.5. The molecule has 8 nitrogen and oxygen atoms in total. The summed E-state index contributed by atoms with van der Waals surface area (Å²) in [4.78, 5) is 26.5. The molecule has 1 aromatic carbocycles. The van der Waals surface area contributed by atoms with Gasteiger partial charge in [-0.25, -0.2) is 9.59 Å². The van der Waals surface area contributed by atoms with Crippen LogP contribution in [0.2, 0.25) is 5.02 Å². The smallest absolute Gasteiger partial charge is 0.406 e. The van der Waals surface area contributed by atoms with Gasteiger partial charge in [0.1, 0.15) is 0 Å². The molecule has 1 aliphatic rings. The number of ether oxygens (including phenoxy) is 2. The summed E-state index contributed by atoms with van der Waals surface area (Å²) in [6.45, 7) is 4.72. The molecule has 0 aromatic heterocycles. The summed E-state index contributed by atoms with van der Waals surface area (Å²) < 4.78 is 10.7. The maximum absolute atomic E-state index is 13.3. The van der Waals surface area contributed by atoms with Gasteiger partial charge in [-0.2, -0.15) is 0 Å². The van der Waals surface area contributed by atoms with Gasteiger partial charge in [-0.1, -0.05) is 62.8 Å². The minimum absolute atomic E-state index is 0.0230. The second-order valence-electron chi connectivity index (χ2n) is 9.55. The lowest BCUT2D eigenvalue weighted by molar-refractivity contribution is 0.0425. The third-order valence-electron chi connectivity index (χ3n) is 6.66. The van der Waals surface area contributed by atoms with Crippen LogP contribution in [-0.4, -0.2) is 70.0 Å². The lowest BCUT2D eigenvalue weighted by Gasteiger charge is -2.30. The molecule has 0 spiro atoms. The first kappa shape index (κ1) is 30.2. The van der Waals surface area contributed by atoms with Gasteiger partial charge in [0.05, 0.1) is 19.8 Å². The van der Waals surface area contributed by atoms with E-state index in [0.29, 0.717) is 43.6 Å². The highest BCUT2D eigenvalue weighted by Gasteiger charge is 2.23. The van der Waals surface area contributed by atoms with Crippen molar-refractivity contribution in [2.45, 2.75) is 70.4 Å². The Labute approximate surface area is 221 Å². The highest BCUT2D eigenvalue weighted by Crippen LogP contribution is 2.28. The number of likely N-dealkylation sites (N-methyl/N-ethyl adjacent to an activating group) is 1. The first-order chi connectivity index (χ1) is 17.5. The molecule has 2 rings (SSSR count). The van der Waals surface area contributed by atoms with E-state index in [1.807, 2.05) is 36.2 Å². The molecule has 0 aliphatic heterocycles. The first-order valence-corrected chi connectivity index (χ1v) is 13.7. The van der Waals surface area contributed by atoms with Crippen molar-refractivity contribution in [2.75, 3.05) is 46.9 Å². The predicted octanol–water partition coefficient (Wildman–Crippen LogP) is 5.12. The molecule has 204 valence electrons. The largest absolute Gasteiger partial charge is 0.453 e. The molecule has 1 aliphatic carbocycles. The number of methoxy groups -OCH3 is 1. The number of amides is 3. The van der Waals surface area contributed by atoms with E-state index in [0.717, 1.165) is 24.9 Å². The lowest BCUT2D eigenvalue weighted by Crippen LogP contribution is -2.49. The van der Waals surface area contributed by atoms with Crippen molar-refractivity contribution in [1.29, 1.82) is 0 Å². The van der Waals surface area contributed by atoms with Gasteiger partial charge >= 0.3 is 12.1 Å². The topological polar surface area (TPSA) is 91.9 Å². The molecule has 1 saturated carbocycles. The van der Waals surface area contributed by atoms with Crippen LogP contribution in [0.5, 0.6) is 0 Å². The molecule has 36 heavy (non-hydrogen) atoms. The second-order valence-corrected chi connectivity index (χ2v) is 9.99. The fourth-order valence-electron chi connectivity index (χ4n) is 4.87. The molecule has 3 N–H and O–H groups in total. The van der Waals surface area contributed by atoms with Gasteiger partial charge in [0.2, 0.25) is 0 Å². The van der Waals surface area contributed by atoms with Crippen molar-refractivity contribution in [1.82, 2.24) is 20.9 Å². The predicted molar refractivity (Wildman–Crippen MR) is 144 cm³/mol. The van der Waals surface area contributed by atoms with Crippen molar-refractivity contribution in [3.05, 3.63) is 34.9 Å². The highest BCUT2D eigenvalue weighted by molar-refractivity contribution is 6.30. The van der Waals surface area contributed by atoms with Crippen LogP contribution in [0.3, 0.4) is 0 Å². The summed E-state index contributed by atoms with van der Waals surface area (Å²) in [5.74, 6) is 0.691. The monoisotopic (exact) mass is 524 g/mol. The van der Waals surface area contributed by atoms with Gasteiger partial charge in [0.25, 0.3) is 0 Å². The molecular formula is C27H45ClN4O4. The number of carbonyl (C=O) groups is 2. The molecule has 0 bridgehead atoms. The van der Waals surface area contributed by atoms with Crippen molar-refractivity contribution in [3.8, 4) is 0 Å². The van der Waals surface area contributed by atoms with E-state index in [2.05, 4.69) is 27.6 Å². The Morgan fingerprint density at radius 2 is 1.97 bits per heavy atom. The van der Waals surface area contributed by atoms with Crippen molar-refractivity contribution in [3.63, 3.8) is 0 Å². The zero-order valence-corrected chi connectivity index (χ0v) is 22.9. The van der Waals surface area contributed by atoms with Crippen LogP contribution < -0.4 is 16.0 Å². The number of nitrogens with one attached hydrogen (secondary N) is 3. The molecule has 0 radical (unpaired) electrons. The van der Waals surface area contributed by atoms with Crippen LogP contribution in [0.4, 0.5) is 9.59 Å². The van der Waals surface area contributed by atoms with Crippen LogP contribution in [0.1, 0.15) is 70.0 Å². The molecular weight excluding hydrogens is 480 g/mol. The number of hydrogen-bond acceptors (Lipinski definition) is 5. The Kier molecular flexibility index (Phi) is 14.6. The molecule has 9 heteroatoms. The number of rotatable bonds is 15. The van der Waals surface area contributed by atoms with Crippen molar-refractivity contribution >= 4 is 23.7 Å². The van der Waals surface area contributed by atoms with Crippen molar-refractivity contribution in [2.24, 2.45) is 5.92 Å². The van der Waals surface area contributed by atoms with Gasteiger partial charge in [-0.05, 0) is 49.9 Å². The standard InChI is InChI=1S/C27H45ClN4O4/c1-4-15-32(26(33)31-24(20-29-2)18-21-9-6-5-7-10-21)16-13-25(22-11-8-12-23(28)19-22)36-17-14-30-27(34)35-3/h8,11-12,19,21,24-25,29H,4-7,9-10,13-18,20H2,1-3H3,(H,30,34)(H,31,33)/t24-,25+/m0/s1. The summed E-state index contributed by atoms with van der Waals surface area (Å²) in [5, 5.41) is 9.80. The maximum atomic E-state index is 13.3. The molecule has 3 amide bonds. The molecule has 0 unspecified atom stereocenters. The van der Waals surface area contributed by atoms with E-state index in [9.17, 15) is 9.59 Å². The van der Waals surface area contributed by atoms with Crippen LogP contribution in [-0.2, 0) is 9.47 Å². The van der Waals surface area contributed by atoms with Gasteiger partial charge in [-0.3, -0.25) is 0 Å². The number of hydrogen-bond donors (Lipinski definition) is 3. The summed E-state index contributed by atoms with van der Waals surface area (Å²) in [5.41, 5.74) is 0.947. The summed E-state index contributed by atoms with van der Waals surface area (Å²) in [6, 6.07) is 7.68. The summed E-state index contributed by atoms with van der Waals surface area (Å²) in [7, 11) is 3.26. The number of nitrogens with zero attached hydrogens (tertiary/aromatic N) is 1. The quantitative estimate of drug-likeness (QED) is 0.277. The van der Waals surface area contributed by atoms with E-state index in [4.69, 9.17) is 16.3 Å². The number of urea groups is 1. The van der Waals surface area contributed by atoms with E-state index < -0.39 is 6.09 Å². The average molecular weight is 525 g/mol. The second kappa shape index (κ2) is 17.4. The maximum Gasteiger partial charge on any atom is 0.406 e. The van der Waals surface area contributed by atoms with Crippen LogP contribution >= 0.6 is 11.6 Å². The summed E-state index contributed by atoms with van der Waals surface area (Å²) >= 11 is 6.23. The van der Waals surface area contributed by atoms with Gasteiger partial charge in [0.15, 0.2) is 0 Å². The van der Waals surface area contributed by atoms with Gasteiger partial charge in [-0.15, -0.1) is 0 Å². The van der Waals surface area contributed by atoms with E-state index >= 15 is 0 Å². The number of benzene rings is 1. The third-order valence-corrected chi connectivity index (χ3v) is 6.89. The minimum atomic E-state index is -0.493. The number of carbonyl (C=O) groups excluding carboxylic acids is 2. The molecule has 0 saturated heterocycles. The van der Waals surface area contributed by atoms with Crippen LogP contribution in [0.15, 0.2) is 24.3 Å². The zero-order chi connectivity index (χ0) is 26.2. The SMILES string of the molecule is CCCN(CC[C@@H](OCCNC(=O)OC)c1cccc(Cl)c1)C(=O)N[C@H](CNC)CC1CCCCC1. The molecule has 1 aromatic rings. The number of halogens is 1. The Morgan fingerprint density at radius 1 is 1.19 bits per heavy atom. The zero-order valence-electron chi connectivity index (χ0n) is 22.2. The molecule has 2 atom stereocenters. The van der Waals surface area contributed by atoms with E-state index in [1.165, 1.54) is 39.2 Å². The average Bonchev–Trinajstić information content (AvgIpc) is 2.88. The minimum Gasteiger partial charge on any atom is -0.453 e. The Balaban J connectivity index is 1.99. The third kappa shape index (κ3) is 11.4. The van der Waals surface area contributed by atoms with Crippen LogP contribution in [0.25, 0.3) is 0 Å². The van der Waals surface area contributed by atoms with Crippen LogP contribution in [0, 0.1) is 5.92 Å². The molecule has 1 fully saturated rings. The fraction of sp³-hybridized carbons (Fsp3) is 0.704. The number of alkyl carbamates (subject to hydrolysis) is 1. The van der Waals surface area contributed by atoms with E-state index in [1.54, 1.807) is 0 Å².